The zero-order chi connectivity index (χ0) is 18.3. The van der Waals surface area contributed by atoms with Gasteiger partial charge in [0.2, 0.25) is 10.0 Å². The number of carbonyl (C=O) groups is 1. The number of sulfonamides is 1. The summed E-state index contributed by atoms with van der Waals surface area (Å²) in [5.74, 6) is 0.213. The van der Waals surface area contributed by atoms with Crippen molar-refractivity contribution in [1.82, 2.24) is 15.0 Å². The van der Waals surface area contributed by atoms with Crippen LogP contribution in [0.3, 0.4) is 0 Å². The Labute approximate surface area is 148 Å². The van der Waals surface area contributed by atoms with Crippen molar-refractivity contribution in [3.63, 3.8) is 0 Å². The molecule has 2 N–H and O–H groups in total. The van der Waals surface area contributed by atoms with Crippen molar-refractivity contribution in [3.05, 3.63) is 59.9 Å². The van der Waals surface area contributed by atoms with Crippen molar-refractivity contribution in [3.8, 4) is 0 Å². The van der Waals surface area contributed by atoms with Crippen LogP contribution in [0.1, 0.15) is 36.3 Å². The van der Waals surface area contributed by atoms with E-state index in [-0.39, 0.29) is 17.3 Å². The highest BCUT2D eigenvalue weighted by Gasteiger charge is 2.16. The molecular weight excluding hydrogens is 338 g/mol. The molecule has 134 valence electrons. The van der Waals surface area contributed by atoms with E-state index in [0.717, 1.165) is 6.42 Å². The summed E-state index contributed by atoms with van der Waals surface area (Å²) in [7, 11) is -3.72. The predicted octanol–water partition coefficient (Wildman–Crippen LogP) is 2.34. The van der Waals surface area contributed by atoms with Gasteiger partial charge in [0.05, 0.1) is 17.1 Å². The van der Waals surface area contributed by atoms with Crippen LogP contribution in [0, 0.1) is 5.92 Å². The number of rotatable bonds is 8. The summed E-state index contributed by atoms with van der Waals surface area (Å²) >= 11 is 0. The van der Waals surface area contributed by atoms with E-state index in [0.29, 0.717) is 23.7 Å². The monoisotopic (exact) mass is 361 g/mol. The molecule has 1 aromatic carbocycles. The van der Waals surface area contributed by atoms with E-state index in [1.165, 1.54) is 12.1 Å². The first-order chi connectivity index (χ1) is 11.9. The van der Waals surface area contributed by atoms with Crippen LogP contribution in [0.25, 0.3) is 0 Å². The van der Waals surface area contributed by atoms with E-state index < -0.39 is 10.0 Å². The molecule has 0 aliphatic heterocycles. The minimum Gasteiger partial charge on any atom is -0.352 e. The summed E-state index contributed by atoms with van der Waals surface area (Å²) < 4.78 is 27.3. The fraction of sp³-hybridized carbons (Fsp3) is 0.333. The lowest BCUT2D eigenvalue weighted by atomic mass is 10.1. The van der Waals surface area contributed by atoms with Gasteiger partial charge in [-0.05, 0) is 42.7 Å². The largest absolute Gasteiger partial charge is 0.352 e. The Morgan fingerprint density at radius 2 is 1.96 bits per heavy atom. The predicted molar refractivity (Wildman–Crippen MR) is 96.5 cm³/mol. The standard InChI is InChI=1S/C18H23N3O3S/c1-14(2)9-11-20-18(22)15-6-5-8-17(12-15)25(23,24)21-13-16-7-3-4-10-19-16/h3-8,10,12,14,21H,9,11,13H2,1-2H3,(H,20,22). The van der Waals surface area contributed by atoms with Gasteiger partial charge in [-0.3, -0.25) is 9.78 Å². The van der Waals surface area contributed by atoms with Crippen molar-refractivity contribution in [2.24, 2.45) is 5.92 Å². The van der Waals surface area contributed by atoms with Gasteiger partial charge < -0.3 is 5.32 Å². The molecule has 0 atom stereocenters. The van der Waals surface area contributed by atoms with Crippen molar-refractivity contribution in [2.75, 3.05) is 6.54 Å². The first-order valence-corrected chi connectivity index (χ1v) is 9.64. The quantitative estimate of drug-likeness (QED) is 0.755. The topological polar surface area (TPSA) is 88.2 Å². The normalized spacial score (nSPS) is 11.5. The summed E-state index contributed by atoms with van der Waals surface area (Å²) in [5.41, 5.74) is 0.943. The maximum atomic E-state index is 12.4. The first-order valence-electron chi connectivity index (χ1n) is 8.16. The third kappa shape index (κ3) is 5.95. The van der Waals surface area contributed by atoms with Crippen LogP contribution >= 0.6 is 0 Å². The summed E-state index contributed by atoms with van der Waals surface area (Å²) in [5, 5.41) is 2.80. The smallest absolute Gasteiger partial charge is 0.251 e. The van der Waals surface area contributed by atoms with Crippen LogP contribution in [0.15, 0.2) is 53.6 Å². The van der Waals surface area contributed by atoms with Crippen molar-refractivity contribution >= 4 is 15.9 Å². The fourth-order valence-corrected chi connectivity index (χ4v) is 3.18. The number of hydrogen-bond donors (Lipinski definition) is 2. The first kappa shape index (κ1) is 19.1. The molecule has 6 nitrogen and oxygen atoms in total. The van der Waals surface area contributed by atoms with Gasteiger partial charge in [0.1, 0.15) is 0 Å². The third-order valence-electron chi connectivity index (χ3n) is 3.58. The van der Waals surface area contributed by atoms with Crippen LogP contribution in [0.2, 0.25) is 0 Å². The summed E-state index contributed by atoms with van der Waals surface area (Å²) in [6, 6.07) is 11.3. The molecule has 0 saturated heterocycles. The summed E-state index contributed by atoms with van der Waals surface area (Å²) in [6.07, 6.45) is 2.47. The Morgan fingerprint density at radius 1 is 1.16 bits per heavy atom. The average molecular weight is 361 g/mol. The maximum absolute atomic E-state index is 12.4. The molecule has 0 unspecified atom stereocenters. The second-order valence-corrected chi connectivity index (χ2v) is 7.88. The molecule has 1 aromatic heterocycles. The summed E-state index contributed by atoms with van der Waals surface area (Å²) in [6.45, 7) is 4.80. The van der Waals surface area contributed by atoms with Gasteiger partial charge in [0.15, 0.2) is 0 Å². The van der Waals surface area contributed by atoms with Crippen LogP contribution < -0.4 is 10.0 Å². The molecule has 2 rings (SSSR count). The Kier molecular flexibility index (Phi) is 6.66. The van der Waals surface area contributed by atoms with E-state index in [1.807, 2.05) is 0 Å². The zero-order valence-corrected chi connectivity index (χ0v) is 15.2. The molecule has 0 bridgehead atoms. The van der Waals surface area contributed by atoms with Crippen LogP contribution in [0.5, 0.6) is 0 Å². The van der Waals surface area contributed by atoms with Gasteiger partial charge in [-0.2, -0.15) is 0 Å². The fourth-order valence-electron chi connectivity index (χ4n) is 2.14. The lowest BCUT2D eigenvalue weighted by Gasteiger charge is -2.09. The molecule has 0 aliphatic carbocycles. The highest BCUT2D eigenvalue weighted by Crippen LogP contribution is 2.12. The van der Waals surface area contributed by atoms with Gasteiger partial charge in [0.25, 0.3) is 5.91 Å². The highest BCUT2D eigenvalue weighted by atomic mass is 32.2. The highest BCUT2D eigenvalue weighted by molar-refractivity contribution is 7.89. The van der Waals surface area contributed by atoms with E-state index >= 15 is 0 Å². The van der Waals surface area contributed by atoms with Gasteiger partial charge in [-0.1, -0.05) is 26.0 Å². The molecule has 1 amide bonds. The molecule has 0 aliphatic rings. The minimum absolute atomic E-state index is 0.0555. The SMILES string of the molecule is CC(C)CCNC(=O)c1cccc(S(=O)(=O)NCc2ccccn2)c1. The van der Waals surface area contributed by atoms with Crippen molar-refractivity contribution < 1.29 is 13.2 Å². The lowest BCUT2D eigenvalue weighted by molar-refractivity contribution is 0.0952. The van der Waals surface area contributed by atoms with E-state index in [1.54, 1.807) is 36.5 Å². The number of carbonyl (C=O) groups excluding carboxylic acids is 1. The third-order valence-corrected chi connectivity index (χ3v) is 4.98. The van der Waals surface area contributed by atoms with Gasteiger partial charge in [0, 0.05) is 18.3 Å². The molecule has 2 aromatic rings. The van der Waals surface area contributed by atoms with Crippen LogP contribution in [-0.2, 0) is 16.6 Å². The Hall–Kier alpha value is -2.25. The number of hydrogen-bond acceptors (Lipinski definition) is 4. The van der Waals surface area contributed by atoms with Crippen LogP contribution in [-0.4, -0.2) is 25.9 Å². The number of benzene rings is 1. The molecule has 0 spiro atoms. The second-order valence-electron chi connectivity index (χ2n) is 6.11. The number of nitrogens with zero attached hydrogens (tertiary/aromatic N) is 1. The Morgan fingerprint density at radius 3 is 2.64 bits per heavy atom. The van der Waals surface area contributed by atoms with Crippen LogP contribution in [0.4, 0.5) is 0 Å². The zero-order valence-electron chi connectivity index (χ0n) is 14.4. The van der Waals surface area contributed by atoms with Gasteiger partial charge in [-0.15, -0.1) is 0 Å². The number of amides is 1. The minimum atomic E-state index is -3.72. The van der Waals surface area contributed by atoms with E-state index in [4.69, 9.17) is 0 Å². The van der Waals surface area contributed by atoms with Gasteiger partial charge in [-0.25, -0.2) is 13.1 Å². The molecule has 7 heteroatoms. The Balaban J connectivity index is 2.04. The summed E-state index contributed by atoms with van der Waals surface area (Å²) in [4.78, 5) is 16.3. The molecule has 25 heavy (non-hydrogen) atoms. The number of nitrogens with one attached hydrogen (secondary N) is 2. The molecular formula is C18H23N3O3S. The molecule has 0 fully saturated rings. The number of pyridine rings is 1. The molecule has 1 heterocycles. The molecule has 0 radical (unpaired) electrons. The van der Waals surface area contributed by atoms with E-state index in [9.17, 15) is 13.2 Å². The van der Waals surface area contributed by atoms with Crippen molar-refractivity contribution in [2.45, 2.75) is 31.7 Å². The van der Waals surface area contributed by atoms with E-state index in [2.05, 4.69) is 28.9 Å². The van der Waals surface area contributed by atoms with Gasteiger partial charge >= 0.3 is 0 Å². The maximum Gasteiger partial charge on any atom is 0.251 e. The average Bonchev–Trinajstić information content (AvgIpc) is 2.61. The Bertz CT molecular complexity index is 805. The number of aromatic nitrogens is 1. The van der Waals surface area contributed by atoms with Crippen molar-refractivity contribution in [1.29, 1.82) is 0 Å². The lowest BCUT2D eigenvalue weighted by Crippen LogP contribution is -2.26. The second kappa shape index (κ2) is 8.73. The molecule has 0 saturated carbocycles.